The van der Waals surface area contributed by atoms with Gasteiger partial charge in [0, 0.05) is 12.7 Å². The smallest absolute Gasteiger partial charge is 0.327 e. The standard InChI is InChI=1S/C22H28N2O2/c1-3-19-18(14-23)20(21(22(25)26)24(19)2)17-11-9-16(10-12-17)13-15-7-5-4-6-8-15/h9-12,15,20-21H,3-8,13H2,1-2H3,(H,25,26). The molecule has 0 saturated heterocycles. The Balaban J connectivity index is 1.85. The van der Waals surface area contributed by atoms with E-state index in [9.17, 15) is 15.2 Å². The quantitative estimate of drug-likeness (QED) is 0.848. The summed E-state index contributed by atoms with van der Waals surface area (Å²) in [4.78, 5) is 13.6. The van der Waals surface area contributed by atoms with Crippen LogP contribution in [-0.2, 0) is 11.2 Å². The molecule has 2 aliphatic rings. The van der Waals surface area contributed by atoms with Crippen LogP contribution in [0.15, 0.2) is 35.5 Å². The molecule has 3 rings (SSSR count). The van der Waals surface area contributed by atoms with Gasteiger partial charge in [0.05, 0.1) is 17.6 Å². The van der Waals surface area contributed by atoms with Crippen molar-refractivity contribution in [3.63, 3.8) is 0 Å². The topological polar surface area (TPSA) is 64.3 Å². The van der Waals surface area contributed by atoms with Crippen LogP contribution in [-0.4, -0.2) is 29.1 Å². The lowest BCUT2D eigenvalue weighted by Gasteiger charge is -2.25. The second-order valence-electron chi connectivity index (χ2n) is 7.65. The number of nitrogens with zero attached hydrogens (tertiary/aromatic N) is 2. The number of rotatable bonds is 5. The molecule has 0 radical (unpaired) electrons. The largest absolute Gasteiger partial charge is 0.480 e. The van der Waals surface area contributed by atoms with Crippen molar-refractivity contribution in [2.24, 2.45) is 5.92 Å². The van der Waals surface area contributed by atoms with Gasteiger partial charge >= 0.3 is 5.97 Å². The maximum Gasteiger partial charge on any atom is 0.327 e. The van der Waals surface area contributed by atoms with Crippen molar-refractivity contribution in [2.75, 3.05) is 7.05 Å². The predicted molar refractivity (Wildman–Crippen MR) is 102 cm³/mol. The van der Waals surface area contributed by atoms with Gasteiger partial charge in [-0.1, -0.05) is 63.3 Å². The Morgan fingerprint density at radius 2 is 1.88 bits per heavy atom. The zero-order chi connectivity index (χ0) is 18.7. The third kappa shape index (κ3) is 3.49. The van der Waals surface area contributed by atoms with Crippen molar-refractivity contribution >= 4 is 5.97 Å². The molecular weight excluding hydrogens is 324 g/mol. The minimum atomic E-state index is -0.875. The minimum absolute atomic E-state index is 0.388. The van der Waals surface area contributed by atoms with E-state index in [1.54, 1.807) is 11.9 Å². The van der Waals surface area contributed by atoms with Gasteiger partial charge in [-0.25, -0.2) is 4.79 Å². The van der Waals surface area contributed by atoms with Gasteiger partial charge in [-0.2, -0.15) is 5.26 Å². The van der Waals surface area contributed by atoms with Crippen LogP contribution in [0, 0.1) is 17.2 Å². The Kier molecular flexibility index (Phi) is 5.66. The highest BCUT2D eigenvalue weighted by atomic mass is 16.4. The summed E-state index contributed by atoms with van der Waals surface area (Å²) in [6.45, 7) is 1.97. The summed E-state index contributed by atoms with van der Waals surface area (Å²) in [5.41, 5.74) is 3.69. The maximum absolute atomic E-state index is 11.9. The highest BCUT2D eigenvalue weighted by molar-refractivity contribution is 5.78. The number of hydrogen-bond donors (Lipinski definition) is 1. The molecule has 1 aliphatic heterocycles. The predicted octanol–water partition coefficient (Wildman–Crippen LogP) is 4.48. The highest BCUT2D eigenvalue weighted by Gasteiger charge is 2.43. The molecule has 26 heavy (non-hydrogen) atoms. The molecule has 0 spiro atoms. The summed E-state index contributed by atoms with van der Waals surface area (Å²) in [6, 6.07) is 9.89. The van der Waals surface area contributed by atoms with Gasteiger partial charge in [-0.15, -0.1) is 0 Å². The van der Waals surface area contributed by atoms with E-state index in [0.717, 1.165) is 23.6 Å². The molecule has 4 heteroatoms. The fourth-order valence-electron chi connectivity index (χ4n) is 4.74. The summed E-state index contributed by atoms with van der Waals surface area (Å²) in [6.07, 6.45) is 8.45. The number of aliphatic carboxylic acids is 1. The molecule has 1 N–H and O–H groups in total. The molecule has 2 atom stereocenters. The molecule has 1 fully saturated rings. The second kappa shape index (κ2) is 7.95. The zero-order valence-electron chi connectivity index (χ0n) is 15.7. The number of likely N-dealkylation sites (N-methyl/N-ethyl adjacent to an activating group) is 1. The summed E-state index contributed by atoms with van der Waals surface area (Å²) < 4.78 is 0. The highest BCUT2D eigenvalue weighted by Crippen LogP contribution is 2.41. The number of carbonyl (C=O) groups is 1. The number of allylic oxidation sites excluding steroid dienone is 1. The number of nitriles is 1. The van der Waals surface area contributed by atoms with Crippen LogP contribution in [0.4, 0.5) is 0 Å². The van der Waals surface area contributed by atoms with Gasteiger partial charge in [0.1, 0.15) is 6.04 Å². The number of hydrogen-bond acceptors (Lipinski definition) is 3. The summed E-state index contributed by atoms with van der Waals surface area (Å²) >= 11 is 0. The lowest BCUT2D eigenvalue weighted by Crippen LogP contribution is -2.37. The minimum Gasteiger partial charge on any atom is -0.480 e. The Labute approximate surface area is 156 Å². The Morgan fingerprint density at radius 3 is 2.42 bits per heavy atom. The molecule has 0 bridgehead atoms. The Morgan fingerprint density at radius 1 is 1.23 bits per heavy atom. The van der Waals surface area contributed by atoms with Gasteiger partial charge in [0.25, 0.3) is 0 Å². The average molecular weight is 352 g/mol. The molecular formula is C22H28N2O2. The van der Waals surface area contributed by atoms with Crippen molar-refractivity contribution in [3.05, 3.63) is 46.7 Å². The summed E-state index contributed by atoms with van der Waals surface area (Å²) in [7, 11) is 1.78. The molecule has 2 unspecified atom stereocenters. The van der Waals surface area contributed by atoms with Crippen molar-refractivity contribution in [3.8, 4) is 6.07 Å². The fourth-order valence-corrected chi connectivity index (χ4v) is 4.74. The zero-order valence-corrected chi connectivity index (χ0v) is 15.7. The van der Waals surface area contributed by atoms with E-state index in [-0.39, 0.29) is 5.92 Å². The first-order valence-corrected chi connectivity index (χ1v) is 9.74. The van der Waals surface area contributed by atoms with Gasteiger partial charge in [0.2, 0.25) is 0 Å². The fraction of sp³-hybridized carbons (Fsp3) is 0.545. The van der Waals surface area contributed by atoms with Crippen molar-refractivity contribution in [1.29, 1.82) is 5.26 Å². The molecule has 1 saturated carbocycles. The average Bonchev–Trinajstić information content (AvgIpc) is 2.94. The van der Waals surface area contributed by atoms with Crippen LogP contribution in [0.2, 0.25) is 0 Å². The number of benzene rings is 1. The third-order valence-electron chi connectivity index (χ3n) is 6.08. The van der Waals surface area contributed by atoms with E-state index in [4.69, 9.17) is 0 Å². The lowest BCUT2D eigenvalue weighted by molar-refractivity contribution is -0.142. The van der Waals surface area contributed by atoms with Crippen molar-refractivity contribution in [1.82, 2.24) is 4.90 Å². The normalized spacial score (nSPS) is 24.0. The Hall–Kier alpha value is -2.28. The van der Waals surface area contributed by atoms with Crippen molar-refractivity contribution in [2.45, 2.75) is 63.8 Å². The first-order valence-electron chi connectivity index (χ1n) is 9.74. The van der Waals surface area contributed by atoms with Crippen LogP contribution < -0.4 is 0 Å². The van der Waals surface area contributed by atoms with E-state index in [2.05, 4.69) is 18.2 Å². The van der Waals surface area contributed by atoms with Gasteiger partial charge < -0.3 is 10.0 Å². The lowest BCUT2D eigenvalue weighted by atomic mass is 9.83. The Bertz CT molecular complexity index is 724. The SMILES string of the molecule is CCC1=C(C#N)C(c2ccc(CC3CCCCC3)cc2)C(C(=O)O)N1C. The van der Waals surface area contributed by atoms with Crippen LogP contribution >= 0.6 is 0 Å². The summed E-state index contributed by atoms with van der Waals surface area (Å²) in [5, 5.41) is 19.4. The third-order valence-corrected chi connectivity index (χ3v) is 6.08. The molecule has 1 aromatic rings. The van der Waals surface area contributed by atoms with Crippen LogP contribution in [0.25, 0.3) is 0 Å². The van der Waals surface area contributed by atoms with E-state index in [1.165, 1.54) is 37.7 Å². The van der Waals surface area contributed by atoms with E-state index in [1.807, 2.05) is 19.1 Å². The molecule has 1 aliphatic carbocycles. The maximum atomic E-state index is 11.9. The first kappa shape index (κ1) is 18.5. The van der Waals surface area contributed by atoms with Crippen molar-refractivity contribution < 1.29 is 9.90 Å². The van der Waals surface area contributed by atoms with Gasteiger partial charge in [0.15, 0.2) is 0 Å². The summed E-state index contributed by atoms with van der Waals surface area (Å²) in [5.74, 6) is -0.485. The van der Waals surface area contributed by atoms with Gasteiger partial charge in [-0.05, 0) is 29.9 Å². The van der Waals surface area contributed by atoms with E-state index >= 15 is 0 Å². The van der Waals surface area contributed by atoms with Crippen LogP contribution in [0.5, 0.6) is 0 Å². The molecule has 1 heterocycles. The molecule has 138 valence electrons. The first-order chi connectivity index (χ1) is 12.6. The second-order valence-corrected chi connectivity index (χ2v) is 7.65. The molecule has 1 aromatic carbocycles. The number of carboxylic acid groups (broad SMARTS) is 1. The number of carboxylic acids is 1. The monoisotopic (exact) mass is 352 g/mol. The van der Waals surface area contributed by atoms with E-state index < -0.39 is 12.0 Å². The molecule has 4 nitrogen and oxygen atoms in total. The van der Waals surface area contributed by atoms with E-state index in [0.29, 0.717) is 12.0 Å². The van der Waals surface area contributed by atoms with Crippen LogP contribution in [0.1, 0.15) is 62.5 Å². The molecule has 0 aromatic heterocycles. The molecule has 0 amide bonds. The van der Waals surface area contributed by atoms with Crippen LogP contribution in [0.3, 0.4) is 0 Å². The van der Waals surface area contributed by atoms with Gasteiger partial charge in [-0.3, -0.25) is 0 Å².